The maximum absolute atomic E-state index is 2.50. The summed E-state index contributed by atoms with van der Waals surface area (Å²) in [5.74, 6) is 0. The number of hydrogen-bond donors (Lipinski definition) is 0. The molecule has 0 nitrogen and oxygen atoms in total. The van der Waals surface area contributed by atoms with Gasteiger partial charge in [0.05, 0.1) is 0 Å². The summed E-state index contributed by atoms with van der Waals surface area (Å²) in [4.78, 5) is 17.0. The summed E-state index contributed by atoms with van der Waals surface area (Å²) in [6.45, 7) is 0. The second kappa shape index (κ2) is 6.99. The summed E-state index contributed by atoms with van der Waals surface area (Å²) in [6.07, 6.45) is 4.62. The molecule has 0 aliphatic carbocycles. The quantitative estimate of drug-likeness (QED) is 0.537. The maximum atomic E-state index is 2.50. The molecule has 0 saturated carbocycles. The van der Waals surface area contributed by atoms with Gasteiger partial charge in [-0.05, 0) is 0 Å². The summed E-state index contributed by atoms with van der Waals surface area (Å²) in [5, 5.41) is 0. The van der Waals surface area contributed by atoms with Crippen molar-refractivity contribution in [1.29, 1.82) is 0 Å². The average molecular weight is 451 g/mol. The predicted octanol–water partition coefficient (Wildman–Crippen LogP) is 3.35. The molecule has 0 amide bonds. The van der Waals surface area contributed by atoms with Gasteiger partial charge in [-0.2, -0.15) is 0 Å². The molecule has 0 aromatic carbocycles. The molecule has 0 N–H and O–H groups in total. The fourth-order valence-corrected chi connectivity index (χ4v) is 12.2. The second-order valence-electron chi connectivity index (χ2n) is 4.83. The molecule has 0 saturated heterocycles. The van der Waals surface area contributed by atoms with Crippen LogP contribution in [0.15, 0.2) is 19.5 Å². The standard InChI is InChI=1S/C4H3Ge.6CH3.2Sn/c1-2-4-5-3-1;;;;;;;;/h1-3H;6*1H3;;. The molecule has 13 heavy (non-hydrogen) atoms. The summed E-state index contributed by atoms with van der Waals surface area (Å²) >= 11 is -1.84. The van der Waals surface area contributed by atoms with E-state index in [4.69, 9.17) is 0 Å². The van der Waals surface area contributed by atoms with E-state index >= 15 is 0 Å². The van der Waals surface area contributed by atoms with Crippen molar-refractivity contribution in [3.63, 3.8) is 0 Å². The molecular weight excluding hydrogens is 430 g/mol. The van der Waals surface area contributed by atoms with Crippen molar-refractivity contribution in [2.75, 3.05) is 0 Å². The van der Waals surface area contributed by atoms with E-state index in [0.717, 1.165) is 0 Å². The van der Waals surface area contributed by atoms with Crippen LogP contribution in [0.25, 0.3) is 0 Å². The minimum atomic E-state index is -1.54. The van der Waals surface area contributed by atoms with Gasteiger partial charge in [0.25, 0.3) is 0 Å². The van der Waals surface area contributed by atoms with Crippen molar-refractivity contribution in [1.82, 2.24) is 0 Å². The molecule has 1 rings (SSSR count). The Morgan fingerprint density at radius 3 is 1.77 bits per heavy atom. The number of hydrogen-bond acceptors (Lipinski definition) is 0. The van der Waals surface area contributed by atoms with Gasteiger partial charge < -0.3 is 0 Å². The van der Waals surface area contributed by atoms with E-state index in [-0.39, 0.29) is 15.4 Å². The molecule has 1 heterocycles. The van der Waals surface area contributed by atoms with E-state index in [1.54, 1.807) is 0 Å². The van der Waals surface area contributed by atoms with Gasteiger partial charge in [0.2, 0.25) is 0 Å². The first-order valence-corrected chi connectivity index (χ1v) is 25.6. The van der Waals surface area contributed by atoms with E-state index in [1.165, 1.54) is 0 Å². The van der Waals surface area contributed by atoms with Crippen molar-refractivity contribution in [3.8, 4) is 0 Å². The first kappa shape index (κ1) is 14.6. The Balaban J connectivity index is 0.000000310. The molecule has 0 spiro atoms. The van der Waals surface area contributed by atoms with Crippen LogP contribution in [0.1, 0.15) is 0 Å². The minimum absolute atomic E-state index is 0.239. The van der Waals surface area contributed by atoms with Gasteiger partial charge in [0.1, 0.15) is 0 Å². The Kier molecular flexibility index (Phi) is 7.86. The third kappa shape index (κ3) is 8.60. The number of allylic oxidation sites excluding steroid dienone is 2. The zero-order chi connectivity index (χ0) is 10.5. The molecule has 0 aromatic rings. The number of rotatable bonds is 1. The third-order valence-corrected chi connectivity index (χ3v) is 20.9. The van der Waals surface area contributed by atoms with E-state index in [2.05, 4.69) is 46.7 Å². The first-order chi connectivity index (χ1) is 5.84. The monoisotopic (exact) mass is 455 g/mol. The van der Waals surface area contributed by atoms with Crippen LogP contribution in [0.3, 0.4) is 0 Å². The Hall–Kier alpha value is 1.62. The molecular formula is C10H21GeSn2. The van der Waals surface area contributed by atoms with Gasteiger partial charge in [-0.1, -0.05) is 0 Å². The van der Waals surface area contributed by atoms with Gasteiger partial charge in [-0.15, -0.1) is 0 Å². The van der Waals surface area contributed by atoms with Gasteiger partial charge in [-0.3, -0.25) is 0 Å². The summed E-state index contributed by atoms with van der Waals surface area (Å²) in [6, 6.07) is 0. The average Bonchev–Trinajstić information content (AvgIpc) is 2.31. The SMILES string of the molecule is [CH3][Sn]([CH3])([CH3])[C]1=CC=[CH][Ge]1.[CH3][Sn]([CH3])[CH3]. The molecule has 1 aliphatic rings. The van der Waals surface area contributed by atoms with Gasteiger partial charge in [0, 0.05) is 0 Å². The van der Waals surface area contributed by atoms with E-state index in [0.29, 0.717) is 0 Å². The van der Waals surface area contributed by atoms with Crippen LogP contribution in [0.5, 0.6) is 0 Å². The van der Waals surface area contributed by atoms with E-state index < -0.39 is 38.1 Å². The molecule has 0 bridgehead atoms. The van der Waals surface area contributed by atoms with Crippen molar-refractivity contribution in [3.05, 3.63) is 19.5 Å². The molecule has 3 heteroatoms. The van der Waals surface area contributed by atoms with Crippen LogP contribution < -0.4 is 0 Å². The second-order valence-corrected chi connectivity index (χ2v) is 33.2. The van der Waals surface area contributed by atoms with Crippen molar-refractivity contribution in [2.45, 2.75) is 29.6 Å². The Labute approximate surface area is 101 Å². The molecule has 3 radical (unpaired) electrons. The van der Waals surface area contributed by atoms with Crippen molar-refractivity contribution < 1.29 is 0 Å². The summed E-state index contributed by atoms with van der Waals surface area (Å²) in [7, 11) is 0. The normalized spacial score (nSPS) is 15.5. The molecule has 0 unspecified atom stereocenters. The predicted molar refractivity (Wildman–Crippen MR) is 69.7 cm³/mol. The Morgan fingerprint density at radius 2 is 1.62 bits per heavy atom. The van der Waals surface area contributed by atoms with E-state index in [9.17, 15) is 0 Å². The van der Waals surface area contributed by atoms with Crippen LogP contribution in [0, 0.1) is 0 Å². The Morgan fingerprint density at radius 1 is 1.15 bits per heavy atom. The fraction of sp³-hybridized carbons (Fsp3) is 0.600. The molecule has 1 aliphatic heterocycles. The van der Waals surface area contributed by atoms with Crippen LogP contribution in [0.4, 0.5) is 0 Å². The zero-order valence-corrected chi connectivity index (χ0v) is 17.5. The van der Waals surface area contributed by atoms with Crippen LogP contribution in [-0.4, -0.2) is 53.6 Å². The molecule has 0 aromatic heterocycles. The Bertz CT molecular complexity index is 197. The molecule has 73 valence electrons. The topological polar surface area (TPSA) is 0 Å². The summed E-state index contributed by atoms with van der Waals surface area (Å²) < 4.78 is 1.88. The zero-order valence-electron chi connectivity index (χ0n) is 9.73. The van der Waals surface area contributed by atoms with Crippen LogP contribution in [-0.2, 0) is 0 Å². The molecule has 0 atom stereocenters. The van der Waals surface area contributed by atoms with Crippen molar-refractivity contribution in [2.24, 2.45) is 0 Å². The molecule has 0 fully saturated rings. The van der Waals surface area contributed by atoms with Gasteiger partial charge in [0.15, 0.2) is 0 Å². The van der Waals surface area contributed by atoms with E-state index in [1.807, 2.05) is 2.42 Å². The van der Waals surface area contributed by atoms with Crippen LogP contribution >= 0.6 is 0 Å². The van der Waals surface area contributed by atoms with Gasteiger partial charge in [-0.25, -0.2) is 0 Å². The van der Waals surface area contributed by atoms with Crippen molar-refractivity contribution >= 4 is 53.6 Å². The fourth-order valence-electron chi connectivity index (χ4n) is 0.797. The third-order valence-electron chi connectivity index (χ3n) is 1.41. The summed E-state index contributed by atoms with van der Waals surface area (Å²) in [5.41, 5.74) is 0. The first-order valence-electron chi connectivity index (χ1n) is 4.74. The van der Waals surface area contributed by atoms with Crippen LogP contribution in [0.2, 0.25) is 29.6 Å². The van der Waals surface area contributed by atoms with Gasteiger partial charge >= 0.3 is 103 Å².